The third kappa shape index (κ3) is 4.15. The molecule has 0 bridgehead atoms. The van der Waals surface area contributed by atoms with E-state index in [0.717, 1.165) is 52.2 Å². The van der Waals surface area contributed by atoms with Crippen molar-refractivity contribution >= 4 is 5.91 Å². The van der Waals surface area contributed by atoms with Crippen LogP contribution in [0.4, 0.5) is 0 Å². The first-order chi connectivity index (χ1) is 14.6. The van der Waals surface area contributed by atoms with Gasteiger partial charge in [0.1, 0.15) is 0 Å². The highest BCUT2D eigenvalue weighted by Crippen LogP contribution is 2.49. The number of hydrogen-bond donors (Lipinski definition) is 1. The summed E-state index contributed by atoms with van der Waals surface area (Å²) in [5, 5.41) is 0. The minimum absolute atomic E-state index is 0.173. The van der Waals surface area contributed by atoms with Crippen molar-refractivity contribution < 1.29 is 4.79 Å². The first-order valence-electron chi connectivity index (χ1n) is 11.2. The summed E-state index contributed by atoms with van der Waals surface area (Å²) in [7, 11) is 2.20. The SMILES string of the molecule is CN1CCN(CCN2CCC(CC(N)=O)C2(c2ccccc2)c2ccccc2)CC1. The Hall–Kier alpha value is -2.21. The van der Waals surface area contributed by atoms with Crippen LogP contribution < -0.4 is 5.73 Å². The van der Waals surface area contributed by atoms with Crippen molar-refractivity contribution in [1.82, 2.24) is 14.7 Å². The number of likely N-dealkylation sites (N-methyl/N-ethyl adjacent to an activating group) is 1. The molecule has 2 aliphatic heterocycles. The molecule has 0 spiro atoms. The van der Waals surface area contributed by atoms with E-state index in [2.05, 4.69) is 82.4 Å². The summed E-state index contributed by atoms with van der Waals surface area (Å²) in [5.74, 6) is -0.0376. The lowest BCUT2D eigenvalue weighted by molar-refractivity contribution is -0.119. The van der Waals surface area contributed by atoms with Crippen molar-refractivity contribution in [3.05, 3.63) is 71.8 Å². The molecule has 5 nitrogen and oxygen atoms in total. The van der Waals surface area contributed by atoms with Crippen molar-refractivity contribution in [3.63, 3.8) is 0 Å². The molecular formula is C25H34N4O. The molecule has 2 aliphatic rings. The number of amides is 1. The number of nitrogens with zero attached hydrogens (tertiary/aromatic N) is 3. The number of likely N-dealkylation sites (tertiary alicyclic amines) is 1. The molecule has 0 aliphatic carbocycles. The molecule has 1 amide bonds. The Morgan fingerprint density at radius 2 is 1.47 bits per heavy atom. The van der Waals surface area contributed by atoms with Crippen LogP contribution in [0.25, 0.3) is 0 Å². The second-order valence-electron chi connectivity index (χ2n) is 8.79. The van der Waals surface area contributed by atoms with Crippen LogP contribution in [0, 0.1) is 5.92 Å². The van der Waals surface area contributed by atoms with E-state index in [1.54, 1.807) is 0 Å². The zero-order valence-corrected chi connectivity index (χ0v) is 18.0. The van der Waals surface area contributed by atoms with Crippen LogP contribution >= 0.6 is 0 Å². The summed E-state index contributed by atoms with van der Waals surface area (Å²) in [6, 6.07) is 21.4. The first kappa shape index (κ1) is 21.0. The number of piperazine rings is 1. The van der Waals surface area contributed by atoms with E-state index in [0.29, 0.717) is 6.42 Å². The molecule has 4 rings (SSSR count). The standard InChI is InChI=1S/C25H34N4O/c1-27-14-16-28(17-15-27)18-19-29-13-12-23(20-24(26)30)25(29,21-8-4-2-5-9-21)22-10-6-3-7-11-22/h2-11,23H,12-20H2,1H3,(H2,26,30). The van der Waals surface area contributed by atoms with Crippen LogP contribution in [0.15, 0.2) is 60.7 Å². The van der Waals surface area contributed by atoms with Gasteiger partial charge in [-0.05, 0) is 37.1 Å². The number of rotatable bonds is 7. The summed E-state index contributed by atoms with van der Waals surface area (Å²) < 4.78 is 0. The average Bonchev–Trinajstić information content (AvgIpc) is 3.12. The maximum atomic E-state index is 12.0. The normalized spacial score (nSPS) is 22.9. The molecule has 30 heavy (non-hydrogen) atoms. The van der Waals surface area contributed by atoms with Crippen molar-refractivity contribution in [2.45, 2.75) is 18.4 Å². The van der Waals surface area contributed by atoms with Crippen LogP contribution in [0.1, 0.15) is 24.0 Å². The van der Waals surface area contributed by atoms with E-state index >= 15 is 0 Å². The second-order valence-corrected chi connectivity index (χ2v) is 8.79. The Morgan fingerprint density at radius 3 is 2.00 bits per heavy atom. The molecule has 5 heteroatoms. The lowest BCUT2D eigenvalue weighted by atomic mass is 9.72. The lowest BCUT2D eigenvalue weighted by Gasteiger charge is -2.44. The van der Waals surface area contributed by atoms with Crippen molar-refractivity contribution in [1.29, 1.82) is 0 Å². The number of carbonyl (C=O) groups excluding carboxylic acids is 1. The zero-order chi connectivity index (χ0) is 21.0. The Balaban J connectivity index is 1.69. The smallest absolute Gasteiger partial charge is 0.217 e. The molecule has 2 aromatic carbocycles. The molecule has 0 aromatic heterocycles. The van der Waals surface area contributed by atoms with Gasteiger partial charge in [0.25, 0.3) is 0 Å². The number of carbonyl (C=O) groups is 1. The maximum Gasteiger partial charge on any atom is 0.217 e. The van der Waals surface area contributed by atoms with E-state index in [4.69, 9.17) is 5.73 Å². The maximum absolute atomic E-state index is 12.0. The summed E-state index contributed by atoms with van der Waals surface area (Å²) >= 11 is 0. The Labute approximate surface area is 180 Å². The Morgan fingerprint density at radius 1 is 0.900 bits per heavy atom. The average molecular weight is 407 g/mol. The van der Waals surface area contributed by atoms with Gasteiger partial charge in [-0.1, -0.05) is 60.7 Å². The molecule has 2 saturated heterocycles. The summed E-state index contributed by atoms with van der Waals surface area (Å²) in [4.78, 5) is 19.6. The summed E-state index contributed by atoms with van der Waals surface area (Å²) in [5.41, 5.74) is 7.94. The monoisotopic (exact) mass is 406 g/mol. The molecule has 2 heterocycles. The highest BCUT2D eigenvalue weighted by atomic mass is 16.1. The van der Waals surface area contributed by atoms with E-state index in [1.807, 2.05) is 0 Å². The van der Waals surface area contributed by atoms with E-state index in [9.17, 15) is 4.79 Å². The van der Waals surface area contributed by atoms with Gasteiger partial charge in [0.2, 0.25) is 5.91 Å². The second kappa shape index (κ2) is 9.29. The number of nitrogens with two attached hydrogens (primary N) is 1. The van der Waals surface area contributed by atoms with Crippen molar-refractivity contribution in [2.75, 3.05) is 52.9 Å². The fraction of sp³-hybridized carbons (Fsp3) is 0.480. The van der Waals surface area contributed by atoms with Gasteiger partial charge in [-0.25, -0.2) is 0 Å². The number of benzene rings is 2. The van der Waals surface area contributed by atoms with Gasteiger partial charge in [-0.2, -0.15) is 0 Å². The van der Waals surface area contributed by atoms with Crippen LogP contribution in [0.3, 0.4) is 0 Å². The molecule has 160 valence electrons. The van der Waals surface area contributed by atoms with E-state index in [1.165, 1.54) is 11.1 Å². The van der Waals surface area contributed by atoms with Crippen LogP contribution in [-0.4, -0.2) is 73.5 Å². The molecule has 2 fully saturated rings. The Kier molecular flexibility index (Phi) is 6.52. The number of primary amides is 1. The van der Waals surface area contributed by atoms with Crippen LogP contribution in [-0.2, 0) is 10.3 Å². The van der Waals surface area contributed by atoms with Crippen LogP contribution in [0.2, 0.25) is 0 Å². The van der Waals surface area contributed by atoms with Gasteiger partial charge in [0, 0.05) is 45.7 Å². The van der Waals surface area contributed by atoms with Gasteiger partial charge < -0.3 is 10.6 Å². The quantitative estimate of drug-likeness (QED) is 0.767. The summed E-state index contributed by atoms with van der Waals surface area (Å²) in [6.07, 6.45) is 1.39. The minimum Gasteiger partial charge on any atom is -0.370 e. The topological polar surface area (TPSA) is 52.8 Å². The molecule has 0 radical (unpaired) electrons. The fourth-order valence-corrected chi connectivity index (χ4v) is 5.46. The zero-order valence-electron chi connectivity index (χ0n) is 18.0. The van der Waals surface area contributed by atoms with Gasteiger partial charge >= 0.3 is 0 Å². The van der Waals surface area contributed by atoms with Gasteiger partial charge in [0.05, 0.1) is 5.54 Å². The van der Waals surface area contributed by atoms with Crippen molar-refractivity contribution in [2.24, 2.45) is 11.7 Å². The van der Waals surface area contributed by atoms with Gasteiger partial charge in [0.15, 0.2) is 0 Å². The van der Waals surface area contributed by atoms with Gasteiger partial charge in [-0.3, -0.25) is 14.6 Å². The molecule has 1 atom stereocenters. The highest BCUT2D eigenvalue weighted by Gasteiger charge is 2.51. The largest absolute Gasteiger partial charge is 0.370 e. The van der Waals surface area contributed by atoms with Crippen molar-refractivity contribution in [3.8, 4) is 0 Å². The lowest BCUT2D eigenvalue weighted by Crippen LogP contribution is -2.51. The predicted molar refractivity (Wildman–Crippen MR) is 121 cm³/mol. The fourth-order valence-electron chi connectivity index (χ4n) is 5.46. The molecular weight excluding hydrogens is 372 g/mol. The first-order valence-corrected chi connectivity index (χ1v) is 11.2. The summed E-state index contributed by atoms with van der Waals surface area (Å²) in [6.45, 7) is 7.54. The molecule has 2 aromatic rings. The minimum atomic E-state index is -0.315. The molecule has 1 unspecified atom stereocenters. The number of hydrogen-bond acceptors (Lipinski definition) is 4. The highest BCUT2D eigenvalue weighted by molar-refractivity contribution is 5.74. The molecule has 0 saturated carbocycles. The van der Waals surface area contributed by atoms with Crippen LogP contribution in [0.5, 0.6) is 0 Å². The molecule has 2 N–H and O–H groups in total. The third-order valence-corrected chi connectivity index (χ3v) is 6.99. The van der Waals surface area contributed by atoms with Gasteiger partial charge in [-0.15, -0.1) is 0 Å². The van der Waals surface area contributed by atoms with E-state index in [-0.39, 0.29) is 17.4 Å². The third-order valence-electron chi connectivity index (χ3n) is 6.99. The van der Waals surface area contributed by atoms with E-state index < -0.39 is 0 Å². The Bertz CT molecular complexity index is 778. The predicted octanol–water partition coefficient (Wildman–Crippen LogP) is 2.37.